The minimum atomic E-state index is -0.915. The first-order valence-corrected chi connectivity index (χ1v) is 7.58. The smallest absolute Gasteiger partial charge is 0.328 e. The highest BCUT2D eigenvalue weighted by Gasteiger charge is 2.04. The number of carbonyl (C=O) groups is 1. The number of carboxylic acid groups (broad SMARTS) is 1. The number of thiophene rings is 1. The summed E-state index contributed by atoms with van der Waals surface area (Å²) in [7, 11) is 2.09. The number of benzene rings is 1. The molecule has 0 saturated carbocycles. The third kappa shape index (κ3) is 5.17. The van der Waals surface area contributed by atoms with Crippen LogP contribution >= 0.6 is 11.3 Å². The van der Waals surface area contributed by atoms with Crippen LogP contribution in [-0.4, -0.2) is 23.0 Å². The van der Waals surface area contributed by atoms with Gasteiger partial charge in [0.2, 0.25) is 0 Å². The molecule has 0 fully saturated rings. The third-order valence-corrected chi connectivity index (χ3v) is 4.07. The van der Waals surface area contributed by atoms with Crippen molar-refractivity contribution in [2.75, 3.05) is 7.05 Å². The Kier molecular flexibility index (Phi) is 5.31. The van der Waals surface area contributed by atoms with Crippen LogP contribution in [0.2, 0.25) is 0 Å². The van der Waals surface area contributed by atoms with Crippen molar-refractivity contribution in [1.29, 1.82) is 0 Å². The molecule has 0 amide bonds. The van der Waals surface area contributed by atoms with E-state index in [0.717, 1.165) is 18.0 Å². The van der Waals surface area contributed by atoms with Crippen molar-refractivity contribution in [2.24, 2.45) is 0 Å². The van der Waals surface area contributed by atoms with Crippen LogP contribution in [-0.2, 0) is 17.9 Å². The zero-order valence-electron chi connectivity index (χ0n) is 12.2. The summed E-state index contributed by atoms with van der Waals surface area (Å²) in [6, 6.07) is 12.5. The van der Waals surface area contributed by atoms with E-state index in [9.17, 15) is 4.79 Å². The van der Waals surface area contributed by atoms with Crippen molar-refractivity contribution >= 4 is 23.4 Å². The van der Waals surface area contributed by atoms with Crippen LogP contribution in [0.1, 0.15) is 20.9 Å². The maximum atomic E-state index is 10.5. The number of hydrogen-bond donors (Lipinski definition) is 1. The van der Waals surface area contributed by atoms with Crippen LogP contribution < -0.4 is 0 Å². The molecule has 0 saturated heterocycles. The Morgan fingerprint density at radius 3 is 2.81 bits per heavy atom. The third-order valence-electron chi connectivity index (χ3n) is 3.03. The van der Waals surface area contributed by atoms with Crippen LogP contribution in [0.4, 0.5) is 0 Å². The molecule has 4 heteroatoms. The maximum absolute atomic E-state index is 10.5. The minimum Gasteiger partial charge on any atom is -0.478 e. The van der Waals surface area contributed by atoms with Crippen molar-refractivity contribution in [2.45, 2.75) is 20.0 Å². The van der Waals surface area contributed by atoms with Gasteiger partial charge in [0.25, 0.3) is 0 Å². The Labute approximate surface area is 129 Å². The average molecular weight is 301 g/mol. The monoisotopic (exact) mass is 301 g/mol. The van der Waals surface area contributed by atoms with Crippen LogP contribution in [0.15, 0.2) is 42.5 Å². The van der Waals surface area contributed by atoms with Crippen molar-refractivity contribution < 1.29 is 9.90 Å². The lowest BCUT2D eigenvalue weighted by Gasteiger charge is -2.15. The second-order valence-corrected chi connectivity index (χ2v) is 6.34. The molecule has 0 aliphatic rings. The summed E-state index contributed by atoms with van der Waals surface area (Å²) >= 11 is 1.63. The fourth-order valence-corrected chi connectivity index (χ4v) is 3.16. The molecule has 3 nitrogen and oxygen atoms in total. The Bertz CT molecular complexity index is 646. The summed E-state index contributed by atoms with van der Waals surface area (Å²) < 4.78 is 0. The zero-order chi connectivity index (χ0) is 15.2. The second kappa shape index (κ2) is 7.20. The fourth-order valence-electron chi connectivity index (χ4n) is 2.17. The number of hydrogen-bond acceptors (Lipinski definition) is 3. The molecule has 110 valence electrons. The SMILES string of the molecule is Cc1cccc(CN(C)Cc2ccc(C=CC(=O)O)s2)c1. The Morgan fingerprint density at radius 2 is 2.10 bits per heavy atom. The van der Waals surface area contributed by atoms with E-state index >= 15 is 0 Å². The van der Waals surface area contributed by atoms with Gasteiger partial charge in [-0.25, -0.2) is 4.79 Å². The summed E-state index contributed by atoms with van der Waals surface area (Å²) in [6.45, 7) is 3.86. The van der Waals surface area contributed by atoms with Gasteiger partial charge >= 0.3 is 5.97 Å². The van der Waals surface area contributed by atoms with Crippen molar-refractivity contribution in [3.05, 3.63) is 63.4 Å². The van der Waals surface area contributed by atoms with E-state index in [4.69, 9.17) is 5.11 Å². The van der Waals surface area contributed by atoms with E-state index in [1.54, 1.807) is 17.4 Å². The van der Waals surface area contributed by atoms with Gasteiger partial charge in [0, 0.05) is 28.9 Å². The molecule has 2 rings (SSSR count). The molecule has 0 unspecified atom stereocenters. The van der Waals surface area contributed by atoms with E-state index in [1.165, 1.54) is 22.1 Å². The molecular formula is C17H19NO2S. The molecule has 0 aliphatic heterocycles. The zero-order valence-corrected chi connectivity index (χ0v) is 13.1. The van der Waals surface area contributed by atoms with E-state index < -0.39 is 5.97 Å². The van der Waals surface area contributed by atoms with E-state index in [1.807, 2.05) is 6.07 Å². The largest absolute Gasteiger partial charge is 0.478 e. The number of aryl methyl sites for hydroxylation is 1. The molecular weight excluding hydrogens is 282 g/mol. The van der Waals surface area contributed by atoms with Gasteiger partial charge in [0.15, 0.2) is 0 Å². The van der Waals surface area contributed by atoms with Gasteiger partial charge in [-0.2, -0.15) is 0 Å². The Morgan fingerprint density at radius 1 is 1.29 bits per heavy atom. The number of nitrogens with zero attached hydrogens (tertiary/aromatic N) is 1. The molecule has 1 aromatic heterocycles. The first kappa shape index (κ1) is 15.5. The van der Waals surface area contributed by atoms with Gasteiger partial charge in [-0.15, -0.1) is 11.3 Å². The highest BCUT2D eigenvalue weighted by atomic mass is 32.1. The molecule has 0 radical (unpaired) electrons. The molecule has 0 aliphatic carbocycles. The van der Waals surface area contributed by atoms with Crippen LogP contribution in [0.25, 0.3) is 6.08 Å². The van der Waals surface area contributed by atoms with E-state index in [0.29, 0.717) is 0 Å². The summed E-state index contributed by atoms with van der Waals surface area (Å²) in [4.78, 5) is 15.0. The quantitative estimate of drug-likeness (QED) is 0.825. The molecule has 1 heterocycles. The van der Waals surface area contributed by atoms with Gasteiger partial charge in [-0.3, -0.25) is 4.90 Å². The highest BCUT2D eigenvalue weighted by Crippen LogP contribution is 2.20. The lowest BCUT2D eigenvalue weighted by molar-refractivity contribution is -0.131. The summed E-state index contributed by atoms with van der Waals surface area (Å²) in [5.41, 5.74) is 2.58. The summed E-state index contributed by atoms with van der Waals surface area (Å²) in [6.07, 6.45) is 2.81. The minimum absolute atomic E-state index is 0.861. The Hall–Kier alpha value is -1.91. The second-order valence-electron chi connectivity index (χ2n) is 5.14. The fraction of sp³-hybridized carbons (Fsp3) is 0.235. The lowest BCUT2D eigenvalue weighted by Crippen LogP contribution is -2.16. The molecule has 1 aromatic carbocycles. The highest BCUT2D eigenvalue weighted by molar-refractivity contribution is 7.12. The van der Waals surface area contributed by atoms with Gasteiger partial charge in [0.1, 0.15) is 0 Å². The topological polar surface area (TPSA) is 40.5 Å². The first-order valence-electron chi connectivity index (χ1n) is 6.77. The standard InChI is InChI=1S/C17H19NO2S/c1-13-4-3-5-14(10-13)11-18(2)12-16-7-6-15(21-16)8-9-17(19)20/h3-10H,11-12H2,1-2H3,(H,19,20). The van der Waals surface area contributed by atoms with Crippen LogP contribution in [0.3, 0.4) is 0 Å². The first-order chi connectivity index (χ1) is 10.0. The van der Waals surface area contributed by atoms with E-state index in [-0.39, 0.29) is 0 Å². The van der Waals surface area contributed by atoms with Gasteiger partial charge < -0.3 is 5.11 Å². The number of aliphatic carboxylic acids is 1. The normalized spacial score (nSPS) is 11.4. The predicted molar refractivity (Wildman–Crippen MR) is 87.3 cm³/mol. The molecule has 21 heavy (non-hydrogen) atoms. The van der Waals surface area contributed by atoms with Crippen LogP contribution in [0.5, 0.6) is 0 Å². The molecule has 0 bridgehead atoms. The summed E-state index contributed by atoms with van der Waals surface area (Å²) in [5.74, 6) is -0.915. The van der Waals surface area contributed by atoms with Crippen LogP contribution in [0, 0.1) is 6.92 Å². The number of carboxylic acids is 1. The van der Waals surface area contributed by atoms with Crippen molar-refractivity contribution in [3.63, 3.8) is 0 Å². The average Bonchev–Trinajstić information content (AvgIpc) is 2.83. The lowest BCUT2D eigenvalue weighted by atomic mass is 10.1. The summed E-state index contributed by atoms with van der Waals surface area (Å²) in [5, 5.41) is 8.62. The van der Waals surface area contributed by atoms with Gasteiger partial charge in [-0.05, 0) is 37.7 Å². The van der Waals surface area contributed by atoms with Crippen molar-refractivity contribution in [1.82, 2.24) is 4.90 Å². The van der Waals surface area contributed by atoms with Gasteiger partial charge in [0.05, 0.1) is 0 Å². The molecule has 0 atom stereocenters. The molecule has 1 N–H and O–H groups in total. The Balaban J connectivity index is 1.93. The predicted octanol–water partition coefficient (Wildman–Crippen LogP) is 3.79. The van der Waals surface area contributed by atoms with E-state index in [2.05, 4.69) is 49.2 Å². The number of rotatable bonds is 6. The van der Waals surface area contributed by atoms with Gasteiger partial charge in [-0.1, -0.05) is 29.8 Å². The van der Waals surface area contributed by atoms with Crippen molar-refractivity contribution in [3.8, 4) is 0 Å². The molecule has 0 spiro atoms. The maximum Gasteiger partial charge on any atom is 0.328 e. The molecule has 2 aromatic rings.